The fraction of sp³-hybridized carbons (Fsp3) is 0.444. The van der Waals surface area contributed by atoms with Gasteiger partial charge in [0.1, 0.15) is 0 Å². The van der Waals surface area contributed by atoms with Crippen LogP contribution in [0.5, 0.6) is 0 Å². The van der Waals surface area contributed by atoms with E-state index in [9.17, 15) is 4.79 Å². The van der Waals surface area contributed by atoms with E-state index < -0.39 is 0 Å². The molecule has 2 fully saturated rings. The van der Waals surface area contributed by atoms with Crippen LogP contribution >= 0.6 is 0 Å². The maximum Gasteiger partial charge on any atom is 0.324 e. The maximum atomic E-state index is 12.8. The first kappa shape index (κ1) is 23.9. The van der Waals surface area contributed by atoms with Crippen LogP contribution in [0, 0.1) is 30.1 Å². The van der Waals surface area contributed by atoms with Crippen molar-refractivity contribution in [2.75, 3.05) is 37.6 Å². The highest BCUT2D eigenvalue weighted by Crippen LogP contribution is 2.25. The second kappa shape index (κ2) is 10.9. The molecule has 4 heterocycles. The molecule has 1 amide bonds. The van der Waals surface area contributed by atoms with Gasteiger partial charge in [0.2, 0.25) is 11.7 Å². The average Bonchev–Trinajstić information content (AvgIpc) is 3.59. The van der Waals surface area contributed by atoms with Crippen molar-refractivity contribution in [3.63, 3.8) is 0 Å². The number of rotatable bonds is 7. The largest absolute Gasteiger partial charge is 0.356 e. The molecule has 3 aromatic rings. The Kier molecular flexibility index (Phi) is 7.23. The molecule has 1 atom stereocenters. The highest BCUT2D eigenvalue weighted by molar-refractivity contribution is 5.79. The van der Waals surface area contributed by atoms with Crippen LogP contribution in [-0.2, 0) is 11.3 Å². The van der Waals surface area contributed by atoms with Gasteiger partial charge in [0, 0.05) is 50.4 Å². The van der Waals surface area contributed by atoms with E-state index >= 15 is 0 Å². The Balaban J connectivity index is 1.05. The molecule has 1 unspecified atom stereocenters. The predicted molar refractivity (Wildman–Crippen MR) is 135 cm³/mol. The Morgan fingerprint density at radius 1 is 1.14 bits per heavy atom. The second-order valence-corrected chi connectivity index (χ2v) is 9.81. The first-order valence-electron chi connectivity index (χ1n) is 12.6. The lowest BCUT2D eigenvalue weighted by Gasteiger charge is -2.30. The summed E-state index contributed by atoms with van der Waals surface area (Å²) in [6, 6.07) is 13.9. The molecular formula is C27H31N7O2. The number of carbonyl (C=O) groups is 1. The van der Waals surface area contributed by atoms with Gasteiger partial charge in [-0.3, -0.25) is 14.7 Å². The number of carbonyl (C=O) groups excluding carboxylic acids is 1. The van der Waals surface area contributed by atoms with Gasteiger partial charge in [-0.25, -0.2) is 0 Å². The number of benzene rings is 1. The number of hydrogen-bond acceptors (Lipinski definition) is 8. The maximum absolute atomic E-state index is 12.8. The van der Waals surface area contributed by atoms with Crippen molar-refractivity contribution in [3.05, 3.63) is 59.4 Å². The molecule has 0 saturated carbocycles. The van der Waals surface area contributed by atoms with Crippen molar-refractivity contribution in [1.29, 1.82) is 5.26 Å². The number of likely N-dealkylation sites (tertiary alicyclic amines) is 1. The molecule has 1 N–H and O–H groups in total. The van der Waals surface area contributed by atoms with Crippen LogP contribution in [0.3, 0.4) is 0 Å². The van der Waals surface area contributed by atoms with Crippen LogP contribution in [0.25, 0.3) is 11.4 Å². The molecule has 36 heavy (non-hydrogen) atoms. The van der Waals surface area contributed by atoms with E-state index in [0.29, 0.717) is 36.4 Å². The number of anilines is 1. The molecule has 186 valence electrons. The van der Waals surface area contributed by atoms with Gasteiger partial charge < -0.3 is 14.7 Å². The van der Waals surface area contributed by atoms with Crippen LogP contribution in [0.2, 0.25) is 0 Å². The van der Waals surface area contributed by atoms with E-state index in [1.807, 2.05) is 23.2 Å². The molecule has 0 spiro atoms. The van der Waals surface area contributed by atoms with Crippen molar-refractivity contribution < 1.29 is 9.32 Å². The molecule has 0 bridgehead atoms. The van der Waals surface area contributed by atoms with Gasteiger partial charge in [0.05, 0.1) is 17.3 Å². The first-order valence-corrected chi connectivity index (χ1v) is 12.6. The standard InChI is InChI=1S/C27H31N7O2/c1-19-2-7-24(29-15-19)18-33-11-8-21(17-33)16-30-26(35)23-9-12-34(13-10-23)27-31-25(32-36-27)22-5-3-20(14-28)4-6-22/h2-7,15,21,23H,8-13,16-18H2,1H3,(H,30,35). The van der Waals surface area contributed by atoms with Gasteiger partial charge in [0.15, 0.2) is 0 Å². The van der Waals surface area contributed by atoms with Crippen LogP contribution in [-0.4, -0.2) is 58.7 Å². The van der Waals surface area contributed by atoms with Crippen LogP contribution in [0.4, 0.5) is 6.01 Å². The Labute approximate surface area is 211 Å². The van der Waals surface area contributed by atoms with E-state index in [4.69, 9.17) is 9.78 Å². The summed E-state index contributed by atoms with van der Waals surface area (Å²) in [7, 11) is 0. The van der Waals surface area contributed by atoms with Crippen LogP contribution in [0.15, 0.2) is 47.1 Å². The number of aromatic nitrogens is 3. The van der Waals surface area contributed by atoms with Gasteiger partial charge in [-0.05, 0) is 74.5 Å². The van der Waals surface area contributed by atoms with Crippen molar-refractivity contribution in [1.82, 2.24) is 25.3 Å². The van der Waals surface area contributed by atoms with E-state index in [0.717, 1.165) is 56.7 Å². The van der Waals surface area contributed by atoms with Gasteiger partial charge in [-0.1, -0.05) is 11.2 Å². The van der Waals surface area contributed by atoms with Crippen LogP contribution in [0.1, 0.15) is 36.1 Å². The van der Waals surface area contributed by atoms with E-state index in [1.165, 1.54) is 5.56 Å². The molecule has 2 aliphatic heterocycles. The minimum absolute atomic E-state index is 0.0106. The third kappa shape index (κ3) is 5.71. The number of aryl methyl sites for hydroxylation is 1. The monoisotopic (exact) mass is 485 g/mol. The summed E-state index contributed by atoms with van der Waals surface area (Å²) in [5.74, 6) is 1.14. The average molecular weight is 486 g/mol. The zero-order valence-corrected chi connectivity index (χ0v) is 20.6. The van der Waals surface area contributed by atoms with E-state index in [2.05, 4.69) is 50.5 Å². The van der Waals surface area contributed by atoms with Gasteiger partial charge in [-0.15, -0.1) is 0 Å². The second-order valence-electron chi connectivity index (χ2n) is 9.81. The Morgan fingerprint density at radius 2 is 1.94 bits per heavy atom. The van der Waals surface area contributed by atoms with Crippen molar-refractivity contribution in [3.8, 4) is 17.5 Å². The van der Waals surface area contributed by atoms with Crippen molar-refractivity contribution in [2.24, 2.45) is 11.8 Å². The number of hydrogen-bond donors (Lipinski definition) is 1. The number of amides is 1. The molecule has 9 nitrogen and oxygen atoms in total. The normalized spacial score (nSPS) is 18.8. The number of nitrogens with one attached hydrogen (secondary N) is 1. The molecule has 0 radical (unpaired) electrons. The smallest absolute Gasteiger partial charge is 0.324 e. The van der Waals surface area contributed by atoms with Crippen LogP contribution < -0.4 is 10.2 Å². The van der Waals surface area contributed by atoms with Gasteiger partial charge >= 0.3 is 6.01 Å². The van der Waals surface area contributed by atoms with Gasteiger partial charge in [-0.2, -0.15) is 10.2 Å². The summed E-state index contributed by atoms with van der Waals surface area (Å²) in [6.45, 7) is 7.09. The fourth-order valence-corrected chi connectivity index (χ4v) is 4.92. The van der Waals surface area contributed by atoms with Crippen molar-refractivity contribution >= 4 is 11.9 Å². The molecule has 2 saturated heterocycles. The lowest BCUT2D eigenvalue weighted by molar-refractivity contribution is -0.125. The lowest BCUT2D eigenvalue weighted by Crippen LogP contribution is -2.42. The topological polar surface area (TPSA) is 111 Å². The molecule has 1 aromatic carbocycles. The highest BCUT2D eigenvalue weighted by Gasteiger charge is 2.29. The summed E-state index contributed by atoms with van der Waals surface area (Å²) in [6.07, 6.45) is 4.54. The zero-order valence-electron chi connectivity index (χ0n) is 20.6. The molecule has 5 rings (SSSR count). The SMILES string of the molecule is Cc1ccc(CN2CCC(CNC(=O)C3CCN(c4nc(-c5ccc(C#N)cc5)no4)CC3)C2)nc1. The zero-order chi connectivity index (χ0) is 24.9. The number of nitrogens with zero attached hydrogens (tertiary/aromatic N) is 6. The molecule has 2 aromatic heterocycles. The predicted octanol–water partition coefficient (Wildman–Crippen LogP) is 3.17. The molecule has 0 aliphatic carbocycles. The molecule has 9 heteroatoms. The summed E-state index contributed by atoms with van der Waals surface area (Å²) in [4.78, 5) is 26.3. The first-order chi connectivity index (χ1) is 17.6. The highest BCUT2D eigenvalue weighted by atomic mass is 16.5. The van der Waals surface area contributed by atoms with E-state index in [1.54, 1.807) is 12.1 Å². The minimum Gasteiger partial charge on any atom is -0.356 e. The fourth-order valence-electron chi connectivity index (χ4n) is 4.92. The number of nitriles is 1. The van der Waals surface area contributed by atoms with Gasteiger partial charge in [0.25, 0.3) is 0 Å². The Bertz CT molecular complexity index is 1210. The minimum atomic E-state index is 0.0106. The summed E-state index contributed by atoms with van der Waals surface area (Å²) < 4.78 is 5.47. The quantitative estimate of drug-likeness (QED) is 0.543. The number of piperidine rings is 1. The Hall–Kier alpha value is -3.77. The molecular weight excluding hydrogens is 454 g/mol. The third-order valence-electron chi connectivity index (χ3n) is 7.12. The summed E-state index contributed by atoms with van der Waals surface area (Å²) >= 11 is 0. The van der Waals surface area contributed by atoms with E-state index in [-0.39, 0.29) is 11.8 Å². The molecule has 2 aliphatic rings. The lowest BCUT2D eigenvalue weighted by atomic mass is 9.96. The summed E-state index contributed by atoms with van der Waals surface area (Å²) in [5.41, 5.74) is 3.67. The third-order valence-corrected chi connectivity index (χ3v) is 7.12. The van der Waals surface area contributed by atoms with Crippen molar-refractivity contribution in [2.45, 2.75) is 32.7 Å². The number of pyridine rings is 1. The summed E-state index contributed by atoms with van der Waals surface area (Å²) in [5, 5.41) is 16.2. The Morgan fingerprint density at radius 3 is 2.67 bits per heavy atom.